The Kier molecular flexibility index (Phi) is 5.39. The van der Waals surface area contributed by atoms with Gasteiger partial charge in [-0.3, -0.25) is 4.57 Å². The van der Waals surface area contributed by atoms with Crippen LogP contribution in [0, 0.1) is 10.1 Å². The zero-order valence-corrected chi connectivity index (χ0v) is 18.6. The maximum absolute atomic E-state index is 10.9. The third-order valence-electron chi connectivity index (χ3n) is 6.29. The molecule has 0 saturated carbocycles. The normalized spacial score (nSPS) is 19.8. The van der Waals surface area contributed by atoms with Crippen LogP contribution in [0.15, 0.2) is 42.6 Å². The van der Waals surface area contributed by atoms with Gasteiger partial charge in [-0.1, -0.05) is 53.0 Å². The highest BCUT2D eigenvalue weighted by Crippen LogP contribution is 2.33. The predicted molar refractivity (Wildman–Crippen MR) is 123 cm³/mol. The number of hydrogen-bond donors (Lipinski definition) is 0. The second-order valence-corrected chi connectivity index (χ2v) is 9.18. The first-order chi connectivity index (χ1) is 15.4. The fourth-order valence-corrected chi connectivity index (χ4v) is 4.76. The van der Waals surface area contributed by atoms with E-state index < -0.39 is 10.5 Å². The summed E-state index contributed by atoms with van der Waals surface area (Å²) < 4.78 is 7.74. The van der Waals surface area contributed by atoms with Crippen LogP contribution in [0.2, 0.25) is 5.15 Å². The van der Waals surface area contributed by atoms with Gasteiger partial charge in [0.2, 0.25) is 7.41 Å². The third-order valence-corrected chi connectivity index (χ3v) is 6.50. The van der Waals surface area contributed by atoms with Crippen LogP contribution < -0.4 is 10.2 Å². The van der Waals surface area contributed by atoms with Crippen LogP contribution in [0.1, 0.15) is 30.2 Å². The average molecular weight is 452 g/mol. The molecule has 4 heterocycles. The quantitative estimate of drug-likeness (QED) is 0.248. The summed E-state index contributed by atoms with van der Waals surface area (Å²) in [7, 11) is 0.879. The summed E-state index contributed by atoms with van der Waals surface area (Å²) >= 11 is 6.04. The monoisotopic (exact) mass is 451 g/mol. The number of pyridine rings is 1. The largest absolute Gasteiger partial charge is 0.438 e. The average Bonchev–Trinajstić information content (AvgIpc) is 3.29. The van der Waals surface area contributed by atoms with Crippen molar-refractivity contribution in [2.24, 2.45) is 0 Å². The lowest BCUT2D eigenvalue weighted by atomic mass is 9.74. The number of aryl methyl sites for hydroxylation is 1. The number of nitrogens with zero attached hydrogens (tertiary/aromatic N) is 5. The second kappa shape index (κ2) is 8.22. The topological polar surface area (TPSA) is 86.3 Å². The molecular formula is C22H23BClN5O3. The van der Waals surface area contributed by atoms with Crippen molar-refractivity contribution in [2.75, 3.05) is 6.54 Å². The molecule has 0 saturated heterocycles. The van der Waals surface area contributed by atoms with Crippen molar-refractivity contribution in [2.45, 2.75) is 44.9 Å². The van der Waals surface area contributed by atoms with Gasteiger partial charge in [0, 0.05) is 23.6 Å². The minimum Gasteiger partial charge on any atom is -0.438 e. The van der Waals surface area contributed by atoms with Crippen LogP contribution in [-0.2, 0) is 25.9 Å². The molecule has 32 heavy (non-hydrogen) atoms. The van der Waals surface area contributed by atoms with Crippen molar-refractivity contribution >= 4 is 30.3 Å². The molecule has 2 aromatic heterocycles. The molecule has 0 amide bonds. The van der Waals surface area contributed by atoms with Crippen LogP contribution in [0.25, 0.3) is 0 Å². The molecule has 2 aliphatic rings. The minimum atomic E-state index is -0.494. The molecule has 1 atom stereocenters. The Labute approximate surface area is 191 Å². The van der Waals surface area contributed by atoms with E-state index >= 15 is 0 Å². The molecule has 164 valence electrons. The number of hydrogen-bond acceptors (Lipinski definition) is 6. The molecule has 1 aromatic carbocycles. The summed E-state index contributed by atoms with van der Waals surface area (Å²) in [5.74, 6) is -0.173. The van der Waals surface area contributed by atoms with E-state index in [1.54, 1.807) is 4.57 Å². The fraction of sp³-hybridized carbons (Fsp3) is 0.364. The SMILES string of the molecule is C[C@]1(CCc2ccccc2BN2CCc3nc(Cl)ccc3C2)Cn2cc([N+](=O)[O-])nc2O1. The molecule has 0 spiro atoms. The lowest BCUT2D eigenvalue weighted by molar-refractivity contribution is -0.389. The number of ether oxygens (including phenoxy) is 1. The van der Waals surface area contributed by atoms with Gasteiger partial charge < -0.3 is 19.7 Å². The number of rotatable bonds is 6. The van der Waals surface area contributed by atoms with Gasteiger partial charge in [-0.2, -0.15) is 0 Å². The summed E-state index contributed by atoms with van der Waals surface area (Å²) in [6.45, 7) is 4.42. The lowest BCUT2D eigenvalue weighted by Crippen LogP contribution is -2.41. The number of aromatic nitrogens is 3. The molecule has 0 fully saturated rings. The molecule has 0 aliphatic carbocycles. The number of benzene rings is 1. The van der Waals surface area contributed by atoms with Crippen molar-refractivity contribution in [3.8, 4) is 6.01 Å². The summed E-state index contributed by atoms with van der Waals surface area (Å²) in [4.78, 5) is 21.3. The Morgan fingerprint density at radius 1 is 1.28 bits per heavy atom. The van der Waals surface area contributed by atoms with E-state index in [0.717, 1.165) is 45.5 Å². The molecule has 10 heteroatoms. The van der Waals surface area contributed by atoms with Crippen LogP contribution >= 0.6 is 11.6 Å². The zero-order valence-electron chi connectivity index (χ0n) is 17.8. The van der Waals surface area contributed by atoms with Gasteiger partial charge >= 0.3 is 11.8 Å². The van der Waals surface area contributed by atoms with E-state index in [0.29, 0.717) is 17.7 Å². The van der Waals surface area contributed by atoms with Gasteiger partial charge in [0.1, 0.15) is 17.0 Å². The summed E-state index contributed by atoms with van der Waals surface area (Å²) in [6.07, 6.45) is 4.01. The third kappa shape index (κ3) is 4.22. The summed E-state index contributed by atoms with van der Waals surface area (Å²) in [6, 6.07) is 12.8. The van der Waals surface area contributed by atoms with Crippen LogP contribution in [-0.4, -0.2) is 43.8 Å². The molecule has 0 radical (unpaired) electrons. The van der Waals surface area contributed by atoms with Crippen LogP contribution in [0.4, 0.5) is 5.82 Å². The number of nitro groups is 1. The molecular weight excluding hydrogens is 429 g/mol. The molecule has 5 rings (SSSR count). The molecule has 8 nitrogen and oxygen atoms in total. The highest BCUT2D eigenvalue weighted by molar-refractivity contribution is 6.51. The number of halogens is 1. The predicted octanol–water partition coefficient (Wildman–Crippen LogP) is 2.66. The van der Waals surface area contributed by atoms with Crippen molar-refractivity contribution in [1.82, 2.24) is 19.3 Å². The summed E-state index contributed by atoms with van der Waals surface area (Å²) in [5.41, 5.74) is 4.53. The van der Waals surface area contributed by atoms with Gasteiger partial charge in [-0.15, -0.1) is 0 Å². The van der Waals surface area contributed by atoms with E-state index in [4.69, 9.17) is 16.3 Å². The van der Waals surface area contributed by atoms with E-state index in [2.05, 4.69) is 45.1 Å². The highest BCUT2D eigenvalue weighted by Gasteiger charge is 2.40. The second-order valence-electron chi connectivity index (χ2n) is 8.79. The fourth-order valence-electron chi connectivity index (χ4n) is 4.59. The first-order valence-electron chi connectivity index (χ1n) is 10.7. The maximum Gasteiger partial charge on any atom is 0.414 e. The number of fused-ring (bicyclic) bond motifs is 2. The van der Waals surface area contributed by atoms with E-state index in [9.17, 15) is 10.1 Å². The Hall–Kier alpha value is -2.91. The van der Waals surface area contributed by atoms with Gasteiger partial charge in [0.15, 0.2) is 0 Å². The lowest BCUT2D eigenvalue weighted by Gasteiger charge is -2.29. The maximum atomic E-state index is 10.9. The summed E-state index contributed by atoms with van der Waals surface area (Å²) in [5, 5.41) is 11.5. The number of imidazole rings is 1. The first-order valence-corrected chi connectivity index (χ1v) is 11.1. The molecule has 0 unspecified atom stereocenters. The van der Waals surface area contributed by atoms with Gasteiger partial charge in [-0.25, -0.2) is 4.98 Å². The standard InChI is InChI=1S/C22H23BClN5O3/c1-22(14-27-13-20(29(30)31)26-21(27)32-22)10-8-15-4-2-3-5-17(15)23-28-11-9-18-16(12-28)6-7-19(24)25-18/h2-7,13,23H,8-12,14H2,1H3/t22-/m0/s1. The highest BCUT2D eigenvalue weighted by atomic mass is 35.5. The molecule has 0 bridgehead atoms. The minimum absolute atomic E-state index is 0.173. The smallest absolute Gasteiger partial charge is 0.414 e. The van der Waals surface area contributed by atoms with Crippen molar-refractivity contribution in [1.29, 1.82) is 0 Å². The van der Waals surface area contributed by atoms with E-state index in [1.165, 1.54) is 22.8 Å². The van der Waals surface area contributed by atoms with Gasteiger partial charge in [-0.05, 0) is 42.9 Å². The van der Waals surface area contributed by atoms with Gasteiger partial charge in [0.25, 0.3) is 0 Å². The van der Waals surface area contributed by atoms with E-state index in [-0.39, 0.29) is 5.82 Å². The van der Waals surface area contributed by atoms with Crippen LogP contribution in [0.3, 0.4) is 0 Å². The zero-order chi connectivity index (χ0) is 22.3. The van der Waals surface area contributed by atoms with Crippen LogP contribution in [0.5, 0.6) is 6.01 Å². The Morgan fingerprint density at radius 2 is 2.12 bits per heavy atom. The Bertz CT molecular complexity index is 1160. The molecule has 2 aliphatic heterocycles. The molecule has 0 N–H and O–H groups in total. The van der Waals surface area contributed by atoms with Crippen molar-refractivity contribution < 1.29 is 9.66 Å². The van der Waals surface area contributed by atoms with Gasteiger partial charge in [0.05, 0.1) is 6.54 Å². The first kappa shape index (κ1) is 21.0. The Morgan fingerprint density at radius 3 is 2.94 bits per heavy atom. The van der Waals surface area contributed by atoms with Crippen molar-refractivity contribution in [3.05, 3.63) is 74.7 Å². The van der Waals surface area contributed by atoms with Crippen molar-refractivity contribution in [3.63, 3.8) is 0 Å². The van der Waals surface area contributed by atoms with E-state index in [1.807, 2.05) is 13.0 Å². The molecule has 3 aromatic rings. The Balaban J connectivity index is 1.24.